The van der Waals surface area contributed by atoms with Crippen molar-refractivity contribution in [3.05, 3.63) is 11.6 Å². The van der Waals surface area contributed by atoms with Crippen LogP contribution in [0.4, 0.5) is 0 Å². The summed E-state index contributed by atoms with van der Waals surface area (Å²) in [6.45, 7) is 4.98. The second-order valence-corrected chi connectivity index (χ2v) is 6.43. The highest BCUT2D eigenvalue weighted by Gasteiger charge is 2.43. The Hall–Kier alpha value is -2.38. The zero-order chi connectivity index (χ0) is 19.3. The zero-order valence-corrected chi connectivity index (χ0v) is 14.5. The van der Waals surface area contributed by atoms with Crippen LogP contribution in [0.25, 0.3) is 0 Å². The van der Waals surface area contributed by atoms with Crippen LogP contribution in [-0.4, -0.2) is 45.3 Å². The molecule has 5 atom stereocenters. The smallest absolute Gasteiger partial charge is 0.311 e. The second kappa shape index (κ2) is 8.64. The van der Waals surface area contributed by atoms with E-state index < -0.39 is 54.0 Å². The molecular weight excluding hydrogens is 332 g/mol. The van der Waals surface area contributed by atoms with E-state index in [4.69, 9.17) is 9.84 Å². The molecule has 8 heteroatoms. The number of hydrogen-bond donors (Lipinski definition) is 3. The van der Waals surface area contributed by atoms with Crippen LogP contribution >= 0.6 is 0 Å². The maximum atomic E-state index is 12.4. The molecule has 0 spiro atoms. The fourth-order valence-electron chi connectivity index (χ4n) is 3.11. The lowest BCUT2D eigenvalue weighted by atomic mass is 9.70. The third kappa shape index (κ3) is 5.30. The lowest BCUT2D eigenvalue weighted by Gasteiger charge is -2.33. The van der Waals surface area contributed by atoms with Gasteiger partial charge in [0.1, 0.15) is 0 Å². The topological polar surface area (TPSA) is 138 Å². The van der Waals surface area contributed by atoms with E-state index in [-0.39, 0.29) is 12.5 Å². The molecule has 0 fully saturated rings. The molecule has 0 saturated carbocycles. The minimum atomic E-state index is -1.28. The molecule has 140 valence electrons. The summed E-state index contributed by atoms with van der Waals surface area (Å²) < 4.78 is 5.23. The van der Waals surface area contributed by atoms with Crippen molar-refractivity contribution in [2.45, 2.75) is 46.1 Å². The fourth-order valence-corrected chi connectivity index (χ4v) is 3.11. The first-order valence-electron chi connectivity index (χ1n) is 8.14. The average molecular weight is 356 g/mol. The average Bonchev–Trinajstić information content (AvgIpc) is 2.50. The van der Waals surface area contributed by atoms with Crippen LogP contribution in [0.15, 0.2) is 11.6 Å². The molecule has 0 saturated heterocycles. The first kappa shape index (κ1) is 20.7. The van der Waals surface area contributed by atoms with Gasteiger partial charge in [-0.1, -0.05) is 18.6 Å². The van der Waals surface area contributed by atoms with Crippen molar-refractivity contribution < 1.29 is 39.2 Å². The van der Waals surface area contributed by atoms with Crippen molar-refractivity contribution in [2.75, 3.05) is 0 Å². The van der Waals surface area contributed by atoms with Crippen LogP contribution < -0.4 is 0 Å². The van der Waals surface area contributed by atoms with Crippen molar-refractivity contribution in [1.29, 1.82) is 0 Å². The van der Waals surface area contributed by atoms with Crippen LogP contribution in [-0.2, 0) is 23.9 Å². The van der Waals surface area contributed by atoms with Gasteiger partial charge in [0.15, 0.2) is 0 Å². The van der Waals surface area contributed by atoms with E-state index in [9.17, 15) is 29.4 Å². The molecule has 0 aliphatic heterocycles. The zero-order valence-electron chi connectivity index (χ0n) is 14.5. The standard InChI is InChI=1S/C17H24O8/c1-4-9(3)25-17(24)11(7-13(18)19)10-5-8(2)14(16(22)23)12(6-10)15(20)21/h5,9-12,14H,4,6-7H2,1-3H3,(H,18,19)(H,20,21)(H,22,23). The molecule has 1 rings (SSSR count). The summed E-state index contributed by atoms with van der Waals surface area (Å²) in [6, 6.07) is 0. The van der Waals surface area contributed by atoms with Crippen LogP contribution in [0.5, 0.6) is 0 Å². The molecule has 0 heterocycles. The predicted octanol–water partition coefficient (Wildman–Crippen LogP) is 1.79. The maximum Gasteiger partial charge on any atom is 0.311 e. The van der Waals surface area contributed by atoms with Crippen molar-refractivity contribution in [3.63, 3.8) is 0 Å². The number of carbonyl (C=O) groups excluding carboxylic acids is 1. The van der Waals surface area contributed by atoms with Crippen molar-refractivity contribution in [2.24, 2.45) is 23.7 Å². The molecule has 0 aromatic carbocycles. The molecule has 25 heavy (non-hydrogen) atoms. The van der Waals surface area contributed by atoms with Gasteiger partial charge in [-0.05, 0) is 32.6 Å². The Morgan fingerprint density at radius 1 is 1.20 bits per heavy atom. The summed E-state index contributed by atoms with van der Waals surface area (Å²) in [4.78, 5) is 46.3. The third-order valence-corrected chi connectivity index (χ3v) is 4.59. The monoisotopic (exact) mass is 356 g/mol. The number of hydrogen-bond acceptors (Lipinski definition) is 5. The Morgan fingerprint density at radius 2 is 1.80 bits per heavy atom. The minimum absolute atomic E-state index is 0.128. The molecular formula is C17H24O8. The van der Waals surface area contributed by atoms with Gasteiger partial charge in [0.25, 0.3) is 0 Å². The number of carbonyl (C=O) groups is 4. The molecule has 8 nitrogen and oxygen atoms in total. The number of carboxylic acid groups (broad SMARTS) is 3. The van der Waals surface area contributed by atoms with E-state index in [2.05, 4.69) is 0 Å². The lowest BCUT2D eigenvalue weighted by Crippen LogP contribution is -2.39. The summed E-state index contributed by atoms with van der Waals surface area (Å²) in [7, 11) is 0. The van der Waals surface area contributed by atoms with Crippen molar-refractivity contribution in [3.8, 4) is 0 Å². The van der Waals surface area contributed by atoms with E-state index in [0.29, 0.717) is 12.0 Å². The Bertz CT molecular complexity index is 579. The number of esters is 1. The summed E-state index contributed by atoms with van der Waals surface area (Å²) in [6.07, 6.45) is 1.04. The summed E-state index contributed by atoms with van der Waals surface area (Å²) in [5.74, 6) is -8.62. The Balaban J connectivity index is 3.17. The number of ether oxygens (including phenoxy) is 1. The van der Waals surface area contributed by atoms with Gasteiger partial charge in [-0.25, -0.2) is 0 Å². The predicted molar refractivity (Wildman–Crippen MR) is 85.7 cm³/mol. The number of carboxylic acids is 3. The highest BCUT2D eigenvalue weighted by molar-refractivity contribution is 5.84. The molecule has 1 aliphatic carbocycles. The molecule has 1 aliphatic rings. The quantitative estimate of drug-likeness (QED) is 0.442. The Labute approximate surface area is 145 Å². The van der Waals surface area contributed by atoms with Crippen molar-refractivity contribution in [1.82, 2.24) is 0 Å². The van der Waals surface area contributed by atoms with Gasteiger partial charge in [-0.3, -0.25) is 19.2 Å². The number of rotatable bonds is 8. The summed E-state index contributed by atoms with van der Waals surface area (Å²) in [5.41, 5.74) is 0.308. The van der Waals surface area contributed by atoms with Gasteiger partial charge in [0.2, 0.25) is 0 Å². The van der Waals surface area contributed by atoms with Gasteiger partial charge < -0.3 is 20.1 Å². The highest BCUT2D eigenvalue weighted by Crippen LogP contribution is 2.39. The van der Waals surface area contributed by atoms with Gasteiger partial charge in [-0.15, -0.1) is 0 Å². The molecule has 0 aromatic rings. The van der Waals surface area contributed by atoms with Gasteiger partial charge in [0.05, 0.1) is 30.3 Å². The number of aliphatic carboxylic acids is 3. The van der Waals surface area contributed by atoms with Gasteiger partial charge in [-0.2, -0.15) is 0 Å². The molecule has 0 radical (unpaired) electrons. The largest absolute Gasteiger partial charge is 0.481 e. The van der Waals surface area contributed by atoms with E-state index in [1.54, 1.807) is 6.92 Å². The first-order valence-corrected chi connectivity index (χ1v) is 8.14. The van der Waals surface area contributed by atoms with Crippen LogP contribution in [0.2, 0.25) is 0 Å². The fraction of sp³-hybridized carbons (Fsp3) is 0.647. The second-order valence-electron chi connectivity index (χ2n) is 6.43. The highest BCUT2D eigenvalue weighted by atomic mass is 16.5. The Kier molecular flexibility index (Phi) is 7.14. The summed E-state index contributed by atoms with van der Waals surface area (Å²) >= 11 is 0. The van der Waals surface area contributed by atoms with E-state index in [1.807, 2.05) is 6.92 Å². The molecule has 5 unspecified atom stereocenters. The minimum Gasteiger partial charge on any atom is -0.481 e. The molecule has 0 aromatic heterocycles. The Morgan fingerprint density at radius 3 is 2.24 bits per heavy atom. The third-order valence-electron chi connectivity index (χ3n) is 4.59. The van der Waals surface area contributed by atoms with Crippen LogP contribution in [0, 0.1) is 23.7 Å². The molecule has 0 bridgehead atoms. The van der Waals surface area contributed by atoms with Gasteiger partial charge >= 0.3 is 23.9 Å². The molecule has 0 amide bonds. The first-order chi connectivity index (χ1) is 11.6. The summed E-state index contributed by atoms with van der Waals surface area (Å²) in [5, 5.41) is 27.7. The normalized spacial score (nSPS) is 25.4. The maximum absolute atomic E-state index is 12.4. The lowest BCUT2D eigenvalue weighted by molar-refractivity contribution is -0.160. The molecule has 3 N–H and O–H groups in total. The number of allylic oxidation sites excluding steroid dienone is 1. The van der Waals surface area contributed by atoms with E-state index in [1.165, 1.54) is 13.0 Å². The SMILES string of the molecule is CCC(C)OC(=O)C(CC(=O)O)C1C=C(C)C(C(=O)O)C(C(=O)O)C1. The van der Waals surface area contributed by atoms with Crippen molar-refractivity contribution >= 4 is 23.9 Å². The van der Waals surface area contributed by atoms with Gasteiger partial charge in [0, 0.05) is 0 Å². The van der Waals surface area contributed by atoms with E-state index in [0.717, 1.165) is 0 Å². The van der Waals surface area contributed by atoms with Crippen LogP contribution in [0.3, 0.4) is 0 Å². The van der Waals surface area contributed by atoms with Crippen LogP contribution in [0.1, 0.15) is 40.0 Å². The van der Waals surface area contributed by atoms with E-state index >= 15 is 0 Å².